The Kier molecular flexibility index (Phi) is 8.44. The van der Waals surface area contributed by atoms with E-state index in [0.717, 1.165) is 21.9 Å². The monoisotopic (exact) mass is 348 g/mol. The molecule has 1 atom stereocenters. The number of ether oxygens (including phenoxy) is 1. The van der Waals surface area contributed by atoms with Crippen LogP contribution in [0.4, 0.5) is 0 Å². The normalized spacial score (nSPS) is 12.1. The van der Waals surface area contributed by atoms with E-state index < -0.39 is 0 Å². The summed E-state index contributed by atoms with van der Waals surface area (Å²) in [5.74, 6) is 0.735. The summed E-state index contributed by atoms with van der Waals surface area (Å²) in [7, 11) is 0. The molecule has 0 saturated heterocycles. The molecule has 0 fully saturated rings. The Hall–Kier alpha value is -1.86. The summed E-state index contributed by atoms with van der Waals surface area (Å²) in [4.78, 5) is 4.14. The van der Waals surface area contributed by atoms with Crippen molar-refractivity contribution in [3.05, 3.63) is 28.3 Å². The minimum atomic E-state index is -0.164. The average molecular weight is 349 g/mol. The molecule has 0 radical (unpaired) electrons. The number of hydrogen-bond donors (Lipinski definition) is 4. The maximum Gasteiger partial charge on any atom is 0.209 e. The highest BCUT2D eigenvalue weighted by Gasteiger charge is 2.06. The van der Waals surface area contributed by atoms with Crippen LogP contribution in [0, 0.1) is 13.8 Å². The van der Waals surface area contributed by atoms with Gasteiger partial charge >= 0.3 is 0 Å². The molecule has 7 N–H and O–H groups in total. The van der Waals surface area contributed by atoms with Gasteiger partial charge in [-0.15, -0.1) is 17.5 Å². The quantitative estimate of drug-likeness (QED) is 0.362. The summed E-state index contributed by atoms with van der Waals surface area (Å²) in [6.07, 6.45) is 0. The van der Waals surface area contributed by atoms with Crippen LogP contribution in [-0.4, -0.2) is 24.6 Å². The first-order chi connectivity index (χ1) is 9.79. The molecule has 0 heterocycles. The molecule has 0 aromatic heterocycles. The van der Waals surface area contributed by atoms with Crippen molar-refractivity contribution in [1.82, 2.24) is 5.43 Å². The molecular formula is C13H22Cl2N6O. The summed E-state index contributed by atoms with van der Waals surface area (Å²) in [5.41, 5.74) is 20.3. The fourth-order valence-corrected chi connectivity index (χ4v) is 1.74. The Morgan fingerprint density at radius 2 is 1.82 bits per heavy atom. The third kappa shape index (κ3) is 6.73. The third-order valence-corrected chi connectivity index (χ3v) is 3.16. The number of hydrazone groups is 1. The predicted molar refractivity (Wildman–Crippen MR) is 93.7 cm³/mol. The molecule has 0 aliphatic heterocycles. The van der Waals surface area contributed by atoms with E-state index in [1.54, 1.807) is 0 Å². The minimum Gasteiger partial charge on any atom is -0.491 e. The zero-order chi connectivity index (χ0) is 16.0. The fraction of sp³-hybridized carbons (Fsp3) is 0.385. The maximum atomic E-state index is 6.11. The number of nitrogens with two attached hydrogens (primary N) is 3. The van der Waals surface area contributed by atoms with Gasteiger partial charge in [0.25, 0.3) is 0 Å². The van der Waals surface area contributed by atoms with E-state index in [0.29, 0.717) is 6.61 Å². The first-order valence-corrected chi connectivity index (χ1v) is 6.75. The number of halogens is 2. The molecule has 0 bridgehead atoms. The summed E-state index contributed by atoms with van der Waals surface area (Å²) < 4.78 is 5.68. The molecule has 0 spiro atoms. The number of nitrogens with zero attached hydrogens (tertiary/aromatic N) is 2. The highest BCUT2D eigenvalue weighted by atomic mass is 35.5. The summed E-state index contributed by atoms with van der Waals surface area (Å²) in [6.45, 7) is 6.09. The molecule has 124 valence electrons. The Labute approximate surface area is 141 Å². The van der Waals surface area contributed by atoms with E-state index in [-0.39, 0.29) is 30.4 Å². The zero-order valence-corrected chi connectivity index (χ0v) is 14.3. The molecule has 1 aromatic carbocycles. The van der Waals surface area contributed by atoms with E-state index in [2.05, 4.69) is 15.5 Å². The van der Waals surface area contributed by atoms with Crippen molar-refractivity contribution in [2.24, 2.45) is 27.3 Å². The topological polar surface area (TPSA) is 124 Å². The van der Waals surface area contributed by atoms with Crippen LogP contribution in [0.25, 0.3) is 0 Å². The molecular weight excluding hydrogens is 327 g/mol. The number of hydrogen-bond acceptors (Lipinski definition) is 3. The second-order valence-electron chi connectivity index (χ2n) is 4.69. The number of aryl methyl sites for hydroxylation is 2. The van der Waals surface area contributed by atoms with Gasteiger partial charge in [-0.3, -0.25) is 0 Å². The Morgan fingerprint density at radius 3 is 2.32 bits per heavy atom. The highest BCUT2D eigenvalue weighted by molar-refractivity contribution is 6.32. The van der Waals surface area contributed by atoms with Crippen molar-refractivity contribution in [2.75, 3.05) is 6.61 Å². The van der Waals surface area contributed by atoms with Gasteiger partial charge in [0.15, 0.2) is 0 Å². The Balaban J connectivity index is 0.00000441. The van der Waals surface area contributed by atoms with Crippen LogP contribution in [0.3, 0.4) is 0 Å². The minimum absolute atomic E-state index is 0. The van der Waals surface area contributed by atoms with Gasteiger partial charge in [-0.1, -0.05) is 11.6 Å². The lowest BCUT2D eigenvalue weighted by molar-refractivity contribution is 0.296. The van der Waals surface area contributed by atoms with E-state index in [1.165, 1.54) is 0 Å². The van der Waals surface area contributed by atoms with Gasteiger partial charge in [0.1, 0.15) is 12.4 Å². The van der Waals surface area contributed by atoms with E-state index in [1.807, 2.05) is 32.9 Å². The van der Waals surface area contributed by atoms with Gasteiger partial charge in [0, 0.05) is 5.02 Å². The molecule has 9 heteroatoms. The number of aliphatic imine (C=N–C) groups is 1. The van der Waals surface area contributed by atoms with Gasteiger partial charge in [0.05, 0.1) is 6.04 Å². The first kappa shape index (κ1) is 20.1. The van der Waals surface area contributed by atoms with Crippen molar-refractivity contribution in [3.63, 3.8) is 0 Å². The van der Waals surface area contributed by atoms with Crippen LogP contribution in [0.2, 0.25) is 5.02 Å². The summed E-state index contributed by atoms with van der Waals surface area (Å²) in [5, 5.41) is 4.29. The van der Waals surface area contributed by atoms with Crippen LogP contribution in [-0.2, 0) is 0 Å². The predicted octanol–water partition coefficient (Wildman–Crippen LogP) is 1.24. The zero-order valence-electron chi connectivity index (χ0n) is 12.8. The average Bonchev–Trinajstić information content (AvgIpc) is 2.40. The van der Waals surface area contributed by atoms with E-state index in [4.69, 9.17) is 33.5 Å². The van der Waals surface area contributed by atoms with Crippen LogP contribution in [0.15, 0.2) is 22.2 Å². The molecule has 0 aliphatic carbocycles. The van der Waals surface area contributed by atoms with E-state index in [9.17, 15) is 0 Å². The van der Waals surface area contributed by atoms with Gasteiger partial charge < -0.3 is 21.9 Å². The van der Waals surface area contributed by atoms with Crippen LogP contribution in [0.1, 0.15) is 18.1 Å². The highest BCUT2D eigenvalue weighted by Crippen LogP contribution is 2.25. The van der Waals surface area contributed by atoms with Crippen molar-refractivity contribution in [2.45, 2.75) is 26.8 Å². The van der Waals surface area contributed by atoms with Crippen molar-refractivity contribution < 1.29 is 4.74 Å². The molecule has 0 amide bonds. The molecule has 7 nitrogen and oxygen atoms in total. The van der Waals surface area contributed by atoms with Crippen molar-refractivity contribution in [3.8, 4) is 5.75 Å². The van der Waals surface area contributed by atoms with E-state index >= 15 is 0 Å². The Bertz CT molecular complexity index is 534. The first-order valence-electron chi connectivity index (χ1n) is 6.37. The summed E-state index contributed by atoms with van der Waals surface area (Å²) >= 11 is 6.11. The maximum absolute atomic E-state index is 6.11. The van der Waals surface area contributed by atoms with Crippen molar-refractivity contribution in [1.29, 1.82) is 0 Å². The van der Waals surface area contributed by atoms with Crippen molar-refractivity contribution >= 4 is 35.9 Å². The SMILES string of the molecule is Cc1cc(OCC(C)N=C(N)NN=C(N)N)cc(C)c1Cl.Cl. The standard InChI is InChI=1S/C13H21ClN6O.ClH/c1-7-4-10(5-8(2)11(7)14)21-6-9(3)18-13(17)20-19-12(15)16;/h4-5,9H,6H2,1-3H3,(H4,15,16,19)(H3,17,18,20);1H. The van der Waals surface area contributed by atoms with Crippen LogP contribution < -0.4 is 27.4 Å². The number of benzene rings is 1. The third-order valence-electron chi connectivity index (χ3n) is 2.56. The lowest BCUT2D eigenvalue weighted by atomic mass is 10.1. The van der Waals surface area contributed by atoms with Gasteiger partial charge in [-0.25, -0.2) is 10.4 Å². The van der Waals surface area contributed by atoms with Gasteiger partial charge in [-0.05, 0) is 44.0 Å². The van der Waals surface area contributed by atoms with Crippen LogP contribution in [0.5, 0.6) is 5.75 Å². The van der Waals surface area contributed by atoms with Gasteiger partial charge in [0.2, 0.25) is 11.9 Å². The lowest BCUT2D eigenvalue weighted by Gasteiger charge is -2.12. The molecule has 0 aliphatic rings. The second-order valence-corrected chi connectivity index (χ2v) is 5.07. The molecule has 1 aromatic rings. The van der Waals surface area contributed by atoms with Gasteiger partial charge in [-0.2, -0.15) is 0 Å². The van der Waals surface area contributed by atoms with Crippen LogP contribution >= 0.6 is 24.0 Å². The Morgan fingerprint density at radius 1 is 1.27 bits per heavy atom. The largest absolute Gasteiger partial charge is 0.491 e. The molecule has 22 heavy (non-hydrogen) atoms. The number of rotatable bonds is 5. The lowest BCUT2D eigenvalue weighted by Crippen LogP contribution is -2.34. The fourth-order valence-electron chi connectivity index (χ4n) is 1.63. The number of guanidine groups is 2. The summed E-state index contributed by atoms with van der Waals surface area (Å²) in [6, 6.07) is 3.60. The second kappa shape index (κ2) is 9.22. The molecule has 1 rings (SSSR count). The molecule has 0 saturated carbocycles. The smallest absolute Gasteiger partial charge is 0.209 e. The number of nitrogens with one attached hydrogen (secondary N) is 1. The molecule has 1 unspecified atom stereocenters.